The van der Waals surface area contributed by atoms with Crippen LogP contribution in [0.5, 0.6) is 0 Å². The third-order valence-electron chi connectivity index (χ3n) is 4.97. The van der Waals surface area contributed by atoms with Gasteiger partial charge in [0.05, 0.1) is 11.3 Å². The summed E-state index contributed by atoms with van der Waals surface area (Å²) >= 11 is 17.6. The maximum absolute atomic E-state index is 13.0. The van der Waals surface area contributed by atoms with Gasteiger partial charge in [-0.15, -0.1) is 24.0 Å². The van der Waals surface area contributed by atoms with Gasteiger partial charge in [-0.05, 0) is 36.2 Å². The molecule has 1 fully saturated rings. The standard InChI is InChI=1S/C21H22Cl3N3O2.ClH/c22-15-20(28)27(24)19-4-2-1-3-18(19)21(29)26-13-11-25(12-14-26)10-9-16-5-7-17(23)8-6-16;/h1-8H,9-15H2;1H. The molecule has 5 nitrogen and oxygen atoms in total. The van der Waals surface area contributed by atoms with Crippen LogP contribution in [0.1, 0.15) is 15.9 Å². The molecular weight excluding hydrogens is 468 g/mol. The number of piperazine rings is 1. The third-order valence-corrected chi connectivity index (χ3v) is 5.82. The first kappa shape index (κ1) is 24.8. The Hall–Kier alpha value is -1.50. The largest absolute Gasteiger partial charge is 0.336 e. The molecule has 0 unspecified atom stereocenters. The number of carbonyl (C=O) groups excluding carboxylic acids is 2. The first-order valence-corrected chi connectivity index (χ1v) is 10.6. The summed E-state index contributed by atoms with van der Waals surface area (Å²) in [6.45, 7) is 3.78. The maximum Gasteiger partial charge on any atom is 0.256 e. The van der Waals surface area contributed by atoms with Gasteiger partial charge in [-0.25, -0.2) is 4.42 Å². The third kappa shape index (κ3) is 6.25. The molecule has 2 aromatic rings. The molecule has 2 amide bonds. The lowest BCUT2D eigenvalue weighted by Crippen LogP contribution is -2.49. The summed E-state index contributed by atoms with van der Waals surface area (Å²) in [6, 6.07) is 14.7. The second kappa shape index (κ2) is 11.8. The van der Waals surface area contributed by atoms with Gasteiger partial charge in [-0.1, -0.05) is 35.9 Å². The Kier molecular flexibility index (Phi) is 9.72. The zero-order valence-electron chi connectivity index (χ0n) is 16.3. The molecule has 0 N–H and O–H groups in total. The van der Waals surface area contributed by atoms with Gasteiger partial charge in [0, 0.05) is 49.5 Å². The summed E-state index contributed by atoms with van der Waals surface area (Å²) in [5.74, 6) is -0.857. The monoisotopic (exact) mass is 489 g/mol. The van der Waals surface area contributed by atoms with Crippen molar-refractivity contribution in [2.45, 2.75) is 6.42 Å². The van der Waals surface area contributed by atoms with E-state index in [1.807, 2.05) is 24.3 Å². The number of hydrogen-bond acceptors (Lipinski definition) is 3. The first-order chi connectivity index (χ1) is 14.0. The SMILES string of the molecule is Cl.O=C(c1ccccc1N(Cl)C(=O)CCl)N1CCN(CCc2ccc(Cl)cc2)CC1. The van der Waals surface area contributed by atoms with Crippen LogP contribution in [-0.2, 0) is 11.2 Å². The van der Waals surface area contributed by atoms with E-state index in [1.165, 1.54) is 5.56 Å². The number of hydrogen-bond donors (Lipinski definition) is 0. The molecule has 0 aromatic heterocycles. The first-order valence-electron chi connectivity index (χ1n) is 9.39. The number of alkyl halides is 1. The Morgan fingerprint density at radius 1 is 0.967 bits per heavy atom. The second-order valence-corrected chi connectivity index (χ2v) is 7.88. The number of anilines is 1. The minimum atomic E-state index is -0.472. The average Bonchev–Trinajstić information content (AvgIpc) is 2.77. The van der Waals surface area contributed by atoms with Gasteiger partial charge in [-0.3, -0.25) is 14.5 Å². The molecule has 2 aromatic carbocycles. The molecule has 0 saturated carbocycles. The number of rotatable bonds is 6. The lowest BCUT2D eigenvalue weighted by Gasteiger charge is -2.35. The molecule has 30 heavy (non-hydrogen) atoms. The number of nitrogens with zero attached hydrogens (tertiary/aromatic N) is 3. The molecule has 0 bridgehead atoms. The summed E-state index contributed by atoms with van der Waals surface area (Å²) in [7, 11) is 0. The van der Waals surface area contributed by atoms with Crippen LogP contribution < -0.4 is 4.42 Å². The summed E-state index contributed by atoms with van der Waals surface area (Å²) in [5, 5.41) is 0.740. The molecule has 3 rings (SSSR count). The van der Waals surface area contributed by atoms with E-state index in [1.54, 1.807) is 29.2 Å². The van der Waals surface area contributed by atoms with Crippen molar-refractivity contribution in [3.63, 3.8) is 0 Å². The highest BCUT2D eigenvalue weighted by Crippen LogP contribution is 2.25. The zero-order chi connectivity index (χ0) is 20.8. The molecule has 162 valence electrons. The van der Waals surface area contributed by atoms with Crippen LogP contribution in [0.15, 0.2) is 48.5 Å². The highest BCUT2D eigenvalue weighted by Gasteiger charge is 2.26. The topological polar surface area (TPSA) is 43.9 Å². The summed E-state index contributed by atoms with van der Waals surface area (Å²) < 4.78 is 0.919. The van der Waals surface area contributed by atoms with Crippen LogP contribution in [0.2, 0.25) is 5.02 Å². The van der Waals surface area contributed by atoms with Gasteiger partial charge >= 0.3 is 0 Å². The van der Waals surface area contributed by atoms with Crippen molar-refractivity contribution in [3.05, 3.63) is 64.7 Å². The van der Waals surface area contributed by atoms with Crippen molar-refractivity contribution in [3.8, 4) is 0 Å². The number of carbonyl (C=O) groups is 2. The van der Waals surface area contributed by atoms with Crippen LogP contribution in [0.25, 0.3) is 0 Å². The lowest BCUT2D eigenvalue weighted by molar-refractivity contribution is -0.115. The van der Waals surface area contributed by atoms with E-state index in [9.17, 15) is 9.59 Å². The Morgan fingerprint density at radius 2 is 1.60 bits per heavy atom. The summed E-state index contributed by atoms with van der Waals surface area (Å²) in [4.78, 5) is 29.0. The highest BCUT2D eigenvalue weighted by molar-refractivity contribution is 6.42. The molecule has 0 atom stereocenters. The summed E-state index contributed by atoms with van der Waals surface area (Å²) in [6.07, 6.45) is 0.940. The molecule has 0 aliphatic carbocycles. The van der Waals surface area contributed by atoms with Gasteiger partial charge in [0.15, 0.2) is 0 Å². The predicted octanol–water partition coefficient (Wildman–Crippen LogP) is 4.49. The second-order valence-electron chi connectivity index (χ2n) is 6.84. The number of para-hydroxylation sites is 1. The molecular formula is C21H23Cl4N3O2. The zero-order valence-corrected chi connectivity index (χ0v) is 19.4. The van der Waals surface area contributed by atoms with E-state index in [0.717, 1.165) is 35.5 Å². The minimum Gasteiger partial charge on any atom is -0.336 e. The quantitative estimate of drug-likeness (QED) is 0.442. The fraction of sp³-hybridized carbons (Fsp3) is 0.333. The van der Waals surface area contributed by atoms with Crippen LogP contribution in [-0.4, -0.2) is 60.2 Å². The van der Waals surface area contributed by atoms with Crippen molar-refractivity contribution in [1.29, 1.82) is 0 Å². The smallest absolute Gasteiger partial charge is 0.256 e. The molecule has 1 aliphatic heterocycles. The molecule has 9 heteroatoms. The molecule has 1 aliphatic rings. The van der Waals surface area contributed by atoms with Crippen LogP contribution in [0.4, 0.5) is 5.69 Å². The normalized spacial score (nSPS) is 14.2. The van der Waals surface area contributed by atoms with Crippen LogP contribution in [0.3, 0.4) is 0 Å². The van der Waals surface area contributed by atoms with Crippen molar-refractivity contribution >= 4 is 64.9 Å². The van der Waals surface area contributed by atoms with Crippen molar-refractivity contribution in [2.75, 3.05) is 43.0 Å². The minimum absolute atomic E-state index is 0. The van der Waals surface area contributed by atoms with Crippen LogP contribution >= 0.6 is 47.4 Å². The molecule has 1 saturated heterocycles. The van der Waals surface area contributed by atoms with E-state index >= 15 is 0 Å². The van der Waals surface area contributed by atoms with E-state index in [0.29, 0.717) is 24.3 Å². The van der Waals surface area contributed by atoms with E-state index in [2.05, 4.69) is 4.90 Å². The molecule has 1 heterocycles. The van der Waals surface area contributed by atoms with Gasteiger partial charge in [-0.2, -0.15) is 0 Å². The number of halogens is 4. The Morgan fingerprint density at radius 3 is 2.23 bits per heavy atom. The van der Waals surface area contributed by atoms with Gasteiger partial charge in [0.1, 0.15) is 5.88 Å². The van der Waals surface area contributed by atoms with Crippen molar-refractivity contribution in [2.24, 2.45) is 0 Å². The predicted molar refractivity (Wildman–Crippen MR) is 125 cm³/mol. The maximum atomic E-state index is 13.0. The Bertz CT molecular complexity index is 856. The lowest BCUT2D eigenvalue weighted by atomic mass is 10.1. The van der Waals surface area contributed by atoms with Gasteiger partial charge < -0.3 is 4.90 Å². The van der Waals surface area contributed by atoms with E-state index in [4.69, 9.17) is 35.0 Å². The fourth-order valence-corrected chi connectivity index (χ4v) is 3.81. The van der Waals surface area contributed by atoms with Gasteiger partial charge in [0.2, 0.25) is 0 Å². The van der Waals surface area contributed by atoms with E-state index in [-0.39, 0.29) is 24.2 Å². The molecule has 0 radical (unpaired) electrons. The van der Waals surface area contributed by atoms with E-state index < -0.39 is 5.91 Å². The van der Waals surface area contributed by atoms with Crippen LogP contribution in [0, 0.1) is 0 Å². The van der Waals surface area contributed by atoms with Crippen molar-refractivity contribution in [1.82, 2.24) is 9.80 Å². The fourth-order valence-electron chi connectivity index (χ4n) is 3.30. The Balaban J connectivity index is 0.00000320. The number of benzene rings is 2. The summed E-state index contributed by atoms with van der Waals surface area (Å²) in [5.41, 5.74) is 2.00. The number of amides is 2. The van der Waals surface area contributed by atoms with Crippen molar-refractivity contribution < 1.29 is 9.59 Å². The molecule has 0 spiro atoms. The van der Waals surface area contributed by atoms with Gasteiger partial charge in [0.25, 0.3) is 11.8 Å². The Labute approximate surface area is 198 Å². The highest BCUT2D eigenvalue weighted by atomic mass is 35.5. The average molecular weight is 491 g/mol.